The van der Waals surface area contributed by atoms with Crippen LogP contribution in [0, 0.1) is 0 Å². The van der Waals surface area contributed by atoms with Crippen LogP contribution in [0.25, 0.3) is 0 Å². The molecule has 3 heteroatoms. The zero-order chi connectivity index (χ0) is 12.8. The molecule has 0 spiro atoms. The lowest BCUT2D eigenvalue weighted by molar-refractivity contribution is 0.627. The van der Waals surface area contributed by atoms with Crippen LogP contribution in [-0.2, 0) is 6.42 Å². The summed E-state index contributed by atoms with van der Waals surface area (Å²) in [6.45, 7) is 8.23. The van der Waals surface area contributed by atoms with Crippen molar-refractivity contribution in [1.29, 1.82) is 0 Å². The van der Waals surface area contributed by atoms with Crippen molar-refractivity contribution in [2.24, 2.45) is 5.73 Å². The highest BCUT2D eigenvalue weighted by Gasteiger charge is 2.17. The Hall–Kier alpha value is -0.730. The fraction of sp³-hybridized carbons (Fsp3) is 0.571. The number of benzene rings is 1. The first-order valence-electron chi connectivity index (χ1n) is 6.39. The van der Waals surface area contributed by atoms with Gasteiger partial charge < -0.3 is 10.6 Å². The summed E-state index contributed by atoms with van der Waals surface area (Å²) >= 11 is 6.36. The summed E-state index contributed by atoms with van der Waals surface area (Å²) in [4.78, 5) is 2.37. The Morgan fingerprint density at radius 2 is 2.06 bits per heavy atom. The molecule has 17 heavy (non-hydrogen) atoms. The van der Waals surface area contributed by atoms with Gasteiger partial charge in [-0.1, -0.05) is 30.7 Å². The third-order valence-electron chi connectivity index (χ3n) is 3.23. The molecule has 0 saturated heterocycles. The van der Waals surface area contributed by atoms with E-state index in [2.05, 4.69) is 31.7 Å². The van der Waals surface area contributed by atoms with Gasteiger partial charge in [0.05, 0.1) is 10.7 Å². The maximum absolute atomic E-state index is 6.36. The van der Waals surface area contributed by atoms with Crippen molar-refractivity contribution in [3.63, 3.8) is 0 Å². The smallest absolute Gasteiger partial charge is 0.0642 e. The second kappa shape index (κ2) is 6.87. The highest BCUT2D eigenvalue weighted by Crippen LogP contribution is 2.32. The van der Waals surface area contributed by atoms with Crippen molar-refractivity contribution in [2.75, 3.05) is 18.0 Å². The number of nitrogens with zero attached hydrogens (tertiary/aromatic N) is 1. The topological polar surface area (TPSA) is 29.3 Å². The van der Waals surface area contributed by atoms with E-state index in [1.165, 1.54) is 5.56 Å². The van der Waals surface area contributed by atoms with E-state index in [4.69, 9.17) is 17.3 Å². The second-order valence-corrected chi connectivity index (χ2v) is 4.74. The van der Waals surface area contributed by atoms with E-state index in [0.29, 0.717) is 12.6 Å². The van der Waals surface area contributed by atoms with Gasteiger partial charge in [0.2, 0.25) is 0 Å². The summed E-state index contributed by atoms with van der Waals surface area (Å²) in [5, 5.41) is 0.832. The fourth-order valence-corrected chi connectivity index (χ4v) is 2.45. The molecule has 0 aliphatic rings. The minimum atomic E-state index is 0.497. The van der Waals surface area contributed by atoms with Gasteiger partial charge in [-0.3, -0.25) is 0 Å². The first-order chi connectivity index (χ1) is 8.15. The van der Waals surface area contributed by atoms with Crippen molar-refractivity contribution in [2.45, 2.75) is 39.7 Å². The van der Waals surface area contributed by atoms with Crippen LogP contribution in [0.5, 0.6) is 0 Å². The molecular weight excluding hydrogens is 232 g/mol. The predicted molar refractivity (Wildman–Crippen MR) is 77.0 cm³/mol. The van der Waals surface area contributed by atoms with E-state index >= 15 is 0 Å². The summed E-state index contributed by atoms with van der Waals surface area (Å²) in [5.74, 6) is 0. The molecule has 96 valence electrons. The van der Waals surface area contributed by atoms with Crippen molar-refractivity contribution in [3.8, 4) is 0 Å². The summed E-state index contributed by atoms with van der Waals surface area (Å²) < 4.78 is 0. The molecule has 1 rings (SSSR count). The normalized spacial score (nSPS) is 12.5. The van der Waals surface area contributed by atoms with Crippen LogP contribution in [-0.4, -0.2) is 19.1 Å². The average Bonchev–Trinajstić information content (AvgIpc) is 2.33. The van der Waals surface area contributed by atoms with E-state index in [1.54, 1.807) is 0 Å². The predicted octanol–water partition coefficient (Wildman–Crippen LogP) is 3.47. The average molecular weight is 255 g/mol. The molecule has 2 N–H and O–H groups in total. The van der Waals surface area contributed by atoms with Crippen LogP contribution < -0.4 is 10.6 Å². The molecule has 0 saturated carbocycles. The highest BCUT2D eigenvalue weighted by atomic mass is 35.5. The molecule has 1 unspecified atom stereocenters. The lowest BCUT2D eigenvalue weighted by atomic mass is 10.1. The number of para-hydroxylation sites is 1. The zero-order valence-corrected chi connectivity index (χ0v) is 11.8. The Bertz CT molecular complexity index is 352. The molecule has 0 fully saturated rings. The third kappa shape index (κ3) is 3.36. The summed E-state index contributed by atoms with van der Waals surface area (Å²) in [5.41, 5.74) is 8.08. The SMILES string of the molecule is CCC(C)N(CC)c1c(Cl)cccc1CCN. The largest absolute Gasteiger partial charge is 0.368 e. The quantitative estimate of drug-likeness (QED) is 0.842. The number of hydrogen-bond donors (Lipinski definition) is 1. The van der Waals surface area contributed by atoms with Crippen LogP contribution in [0.4, 0.5) is 5.69 Å². The maximum Gasteiger partial charge on any atom is 0.0642 e. The maximum atomic E-state index is 6.36. The molecule has 0 aliphatic carbocycles. The molecule has 0 bridgehead atoms. The zero-order valence-electron chi connectivity index (χ0n) is 11.0. The van der Waals surface area contributed by atoms with Gasteiger partial charge in [0.25, 0.3) is 0 Å². The van der Waals surface area contributed by atoms with Gasteiger partial charge in [0, 0.05) is 12.6 Å². The first kappa shape index (κ1) is 14.3. The summed E-state index contributed by atoms with van der Waals surface area (Å²) in [6, 6.07) is 6.58. The molecule has 0 aliphatic heterocycles. The Morgan fingerprint density at radius 1 is 1.35 bits per heavy atom. The number of hydrogen-bond acceptors (Lipinski definition) is 2. The fourth-order valence-electron chi connectivity index (χ4n) is 2.15. The van der Waals surface area contributed by atoms with E-state index in [9.17, 15) is 0 Å². The second-order valence-electron chi connectivity index (χ2n) is 4.33. The molecule has 0 radical (unpaired) electrons. The van der Waals surface area contributed by atoms with Crippen LogP contribution in [0.3, 0.4) is 0 Å². The summed E-state index contributed by atoms with van der Waals surface area (Å²) in [7, 11) is 0. The highest BCUT2D eigenvalue weighted by molar-refractivity contribution is 6.33. The van der Waals surface area contributed by atoms with Crippen LogP contribution >= 0.6 is 11.6 Å². The molecule has 2 nitrogen and oxygen atoms in total. The van der Waals surface area contributed by atoms with Gasteiger partial charge in [-0.25, -0.2) is 0 Å². The van der Waals surface area contributed by atoms with E-state index in [1.807, 2.05) is 12.1 Å². The minimum Gasteiger partial charge on any atom is -0.368 e. The number of anilines is 1. The molecule has 0 heterocycles. The molecule has 0 amide bonds. The van der Waals surface area contributed by atoms with Crippen molar-refractivity contribution in [3.05, 3.63) is 28.8 Å². The standard InChI is InChI=1S/C14H23ClN2/c1-4-11(3)17(5-2)14-12(9-10-16)7-6-8-13(14)15/h6-8,11H,4-5,9-10,16H2,1-3H3. The molecule has 1 atom stereocenters. The lowest BCUT2D eigenvalue weighted by Gasteiger charge is -2.32. The Balaban J connectivity index is 3.15. The van der Waals surface area contributed by atoms with Crippen molar-refractivity contribution >= 4 is 17.3 Å². The van der Waals surface area contributed by atoms with Gasteiger partial charge in [-0.05, 0) is 44.9 Å². The van der Waals surface area contributed by atoms with Crippen molar-refractivity contribution < 1.29 is 0 Å². The van der Waals surface area contributed by atoms with Gasteiger partial charge in [-0.15, -0.1) is 0 Å². The molecule has 1 aromatic rings. The Labute approximate surface area is 110 Å². The Morgan fingerprint density at radius 3 is 2.59 bits per heavy atom. The third-order valence-corrected chi connectivity index (χ3v) is 3.54. The molecular formula is C14H23ClN2. The van der Waals surface area contributed by atoms with Crippen molar-refractivity contribution in [1.82, 2.24) is 0 Å². The van der Waals surface area contributed by atoms with Crippen LogP contribution in [0.1, 0.15) is 32.8 Å². The number of nitrogens with two attached hydrogens (primary N) is 1. The Kier molecular flexibility index (Phi) is 5.79. The number of halogens is 1. The van der Waals surface area contributed by atoms with Crippen LogP contribution in [0.15, 0.2) is 18.2 Å². The van der Waals surface area contributed by atoms with Gasteiger partial charge in [0.15, 0.2) is 0 Å². The minimum absolute atomic E-state index is 0.497. The van der Waals surface area contributed by atoms with E-state index in [-0.39, 0.29) is 0 Å². The van der Waals surface area contributed by atoms with E-state index in [0.717, 1.165) is 30.1 Å². The van der Waals surface area contributed by atoms with Gasteiger partial charge in [-0.2, -0.15) is 0 Å². The monoisotopic (exact) mass is 254 g/mol. The first-order valence-corrected chi connectivity index (χ1v) is 6.77. The molecule has 0 aromatic heterocycles. The van der Waals surface area contributed by atoms with Crippen LogP contribution in [0.2, 0.25) is 5.02 Å². The summed E-state index contributed by atoms with van der Waals surface area (Å²) in [6.07, 6.45) is 1.99. The molecule has 1 aromatic carbocycles. The van der Waals surface area contributed by atoms with E-state index < -0.39 is 0 Å². The van der Waals surface area contributed by atoms with Gasteiger partial charge in [0.1, 0.15) is 0 Å². The lowest BCUT2D eigenvalue weighted by Crippen LogP contribution is -2.33. The number of rotatable bonds is 6. The van der Waals surface area contributed by atoms with Gasteiger partial charge >= 0.3 is 0 Å².